The van der Waals surface area contributed by atoms with E-state index in [0.29, 0.717) is 23.4 Å². The molecule has 0 atom stereocenters. The van der Waals surface area contributed by atoms with Crippen molar-refractivity contribution in [2.45, 2.75) is 6.42 Å². The SMILES string of the molecule is O=C1CN(c2cc3nc(OCCN4CCC4)ccc3cc2O)S(=O)(=O)N1. The summed E-state index contributed by atoms with van der Waals surface area (Å²) < 4.78 is 32.4. The van der Waals surface area contributed by atoms with Crippen molar-refractivity contribution in [1.29, 1.82) is 0 Å². The molecule has 1 amide bonds. The number of carbonyl (C=O) groups is 1. The lowest BCUT2D eigenvalue weighted by Gasteiger charge is -2.30. The molecule has 0 unspecified atom stereocenters. The van der Waals surface area contributed by atoms with Gasteiger partial charge in [-0.15, -0.1) is 0 Å². The van der Waals surface area contributed by atoms with Crippen LogP contribution in [0.4, 0.5) is 5.69 Å². The van der Waals surface area contributed by atoms with Crippen LogP contribution in [-0.4, -0.2) is 62.1 Å². The minimum atomic E-state index is -4.00. The number of benzene rings is 1. The van der Waals surface area contributed by atoms with Crippen LogP contribution < -0.4 is 13.8 Å². The van der Waals surface area contributed by atoms with E-state index in [2.05, 4.69) is 9.88 Å². The molecule has 26 heavy (non-hydrogen) atoms. The topological polar surface area (TPSA) is 112 Å². The molecule has 0 radical (unpaired) electrons. The third-order valence-electron chi connectivity index (χ3n) is 4.45. The summed E-state index contributed by atoms with van der Waals surface area (Å²) in [4.78, 5) is 18.1. The van der Waals surface area contributed by atoms with E-state index in [-0.39, 0.29) is 18.0 Å². The number of hydrogen-bond acceptors (Lipinski definition) is 7. The third kappa shape index (κ3) is 3.13. The van der Waals surface area contributed by atoms with E-state index in [9.17, 15) is 18.3 Å². The Hall–Kier alpha value is -2.59. The number of phenolic OH excluding ortho intramolecular Hbond substituents is 1. The average molecular weight is 378 g/mol. The maximum absolute atomic E-state index is 12.0. The van der Waals surface area contributed by atoms with Crippen LogP contribution in [0.5, 0.6) is 11.6 Å². The zero-order valence-corrected chi connectivity index (χ0v) is 14.7. The van der Waals surface area contributed by atoms with Crippen LogP contribution >= 0.6 is 0 Å². The van der Waals surface area contributed by atoms with Crippen LogP contribution in [0.2, 0.25) is 0 Å². The molecule has 2 aliphatic rings. The van der Waals surface area contributed by atoms with Gasteiger partial charge in [0.15, 0.2) is 0 Å². The Morgan fingerprint density at radius 2 is 2.08 bits per heavy atom. The number of nitrogens with one attached hydrogen (secondary N) is 1. The molecule has 1 aromatic heterocycles. The monoisotopic (exact) mass is 378 g/mol. The molecule has 1 aromatic carbocycles. The Balaban J connectivity index is 1.60. The molecule has 0 aliphatic carbocycles. The third-order valence-corrected chi connectivity index (χ3v) is 5.85. The summed E-state index contributed by atoms with van der Waals surface area (Å²) in [6, 6.07) is 6.30. The number of likely N-dealkylation sites (tertiary alicyclic amines) is 1. The van der Waals surface area contributed by atoms with Crippen LogP contribution in [0.3, 0.4) is 0 Å². The number of aromatic nitrogens is 1. The van der Waals surface area contributed by atoms with Gasteiger partial charge in [-0.2, -0.15) is 8.42 Å². The molecule has 2 aromatic rings. The number of amides is 1. The fourth-order valence-electron chi connectivity index (χ4n) is 2.96. The summed E-state index contributed by atoms with van der Waals surface area (Å²) in [6.45, 7) is 3.15. The number of anilines is 1. The largest absolute Gasteiger partial charge is 0.506 e. The van der Waals surface area contributed by atoms with Crippen LogP contribution in [-0.2, 0) is 15.0 Å². The van der Waals surface area contributed by atoms with Crippen molar-refractivity contribution in [2.75, 3.05) is 37.1 Å². The maximum atomic E-state index is 12.0. The second-order valence-electron chi connectivity index (χ2n) is 6.26. The van der Waals surface area contributed by atoms with Gasteiger partial charge in [-0.25, -0.2) is 14.0 Å². The van der Waals surface area contributed by atoms with E-state index in [0.717, 1.165) is 23.9 Å². The van der Waals surface area contributed by atoms with E-state index in [4.69, 9.17) is 4.74 Å². The first-order chi connectivity index (χ1) is 12.4. The van der Waals surface area contributed by atoms with E-state index in [1.807, 2.05) is 4.72 Å². The summed E-state index contributed by atoms with van der Waals surface area (Å²) in [6.07, 6.45) is 1.22. The first-order valence-electron chi connectivity index (χ1n) is 8.25. The van der Waals surface area contributed by atoms with Crippen molar-refractivity contribution in [3.63, 3.8) is 0 Å². The van der Waals surface area contributed by atoms with E-state index in [1.54, 1.807) is 12.1 Å². The highest BCUT2D eigenvalue weighted by Crippen LogP contribution is 2.34. The minimum absolute atomic E-state index is 0.000999. The summed E-state index contributed by atoms with van der Waals surface area (Å²) in [5, 5.41) is 10.8. The number of ether oxygens (including phenoxy) is 1. The average Bonchev–Trinajstić information content (AvgIpc) is 2.81. The fourth-order valence-corrected chi connectivity index (χ4v) is 4.11. The Morgan fingerprint density at radius 3 is 2.73 bits per heavy atom. The van der Waals surface area contributed by atoms with E-state index >= 15 is 0 Å². The Labute approximate surface area is 150 Å². The molecule has 2 fully saturated rings. The number of rotatable bonds is 5. The Morgan fingerprint density at radius 1 is 1.27 bits per heavy atom. The van der Waals surface area contributed by atoms with Crippen LogP contribution in [0.1, 0.15) is 6.42 Å². The second kappa shape index (κ2) is 6.29. The van der Waals surface area contributed by atoms with Crippen molar-refractivity contribution in [2.24, 2.45) is 0 Å². The van der Waals surface area contributed by atoms with Crippen LogP contribution in [0.15, 0.2) is 24.3 Å². The first kappa shape index (κ1) is 16.9. The van der Waals surface area contributed by atoms with Crippen molar-refractivity contribution in [3.8, 4) is 11.6 Å². The number of hydrogen-bond donors (Lipinski definition) is 2. The molecule has 3 heterocycles. The Kier molecular flexibility index (Phi) is 4.08. The van der Waals surface area contributed by atoms with Gasteiger partial charge < -0.3 is 9.84 Å². The lowest BCUT2D eigenvalue weighted by Crippen LogP contribution is -2.39. The molecule has 138 valence electrons. The molecule has 2 saturated heterocycles. The zero-order valence-electron chi connectivity index (χ0n) is 13.9. The van der Waals surface area contributed by atoms with Crippen molar-refractivity contribution >= 4 is 32.7 Å². The molecule has 10 heteroatoms. The highest BCUT2D eigenvalue weighted by Gasteiger charge is 2.35. The predicted octanol–water partition coefficient (Wildman–Crippen LogP) is 0.206. The second-order valence-corrected chi connectivity index (χ2v) is 7.86. The van der Waals surface area contributed by atoms with E-state index < -0.39 is 16.1 Å². The number of nitrogens with zero attached hydrogens (tertiary/aromatic N) is 3. The quantitative estimate of drug-likeness (QED) is 0.765. The van der Waals surface area contributed by atoms with Gasteiger partial charge in [-0.05, 0) is 37.7 Å². The summed E-state index contributed by atoms with van der Waals surface area (Å²) >= 11 is 0. The highest BCUT2D eigenvalue weighted by molar-refractivity contribution is 7.92. The lowest BCUT2D eigenvalue weighted by molar-refractivity contribution is -0.117. The number of fused-ring (bicyclic) bond motifs is 1. The van der Waals surface area contributed by atoms with Crippen molar-refractivity contribution < 1.29 is 23.1 Å². The van der Waals surface area contributed by atoms with Gasteiger partial charge >= 0.3 is 10.2 Å². The molecule has 0 bridgehead atoms. The molecular formula is C16H18N4O5S. The summed E-state index contributed by atoms with van der Waals surface area (Å²) in [5.41, 5.74) is 0.467. The standard InChI is InChI=1S/C16H18N4O5S/c21-14-8-11-2-3-16(25-7-6-19-4-1-5-19)17-12(11)9-13(14)20-10-15(22)18-26(20,23)24/h2-3,8-9,21H,1,4-7,10H2,(H,18,22). The number of aromatic hydroxyl groups is 1. The summed E-state index contributed by atoms with van der Waals surface area (Å²) in [5.74, 6) is -0.473. The Bertz CT molecular complexity index is 974. The van der Waals surface area contributed by atoms with E-state index in [1.165, 1.54) is 18.6 Å². The van der Waals surface area contributed by atoms with Gasteiger partial charge in [-0.3, -0.25) is 9.69 Å². The molecular weight excluding hydrogens is 360 g/mol. The van der Waals surface area contributed by atoms with Crippen molar-refractivity contribution in [3.05, 3.63) is 24.3 Å². The molecule has 4 rings (SSSR count). The predicted molar refractivity (Wildman–Crippen MR) is 94.4 cm³/mol. The van der Waals surface area contributed by atoms with Crippen LogP contribution in [0.25, 0.3) is 10.9 Å². The maximum Gasteiger partial charge on any atom is 0.326 e. The number of carbonyl (C=O) groups excluding carboxylic acids is 1. The van der Waals surface area contributed by atoms with Crippen molar-refractivity contribution in [1.82, 2.24) is 14.6 Å². The lowest BCUT2D eigenvalue weighted by atomic mass is 10.2. The number of pyridine rings is 1. The normalized spacial score (nSPS) is 19.4. The van der Waals surface area contributed by atoms with Gasteiger partial charge in [0.25, 0.3) is 5.91 Å². The molecule has 0 saturated carbocycles. The first-order valence-corrected chi connectivity index (χ1v) is 9.69. The number of phenols is 1. The van der Waals surface area contributed by atoms with Gasteiger partial charge in [0.1, 0.15) is 18.9 Å². The molecule has 2 N–H and O–H groups in total. The minimum Gasteiger partial charge on any atom is -0.506 e. The van der Waals surface area contributed by atoms with Gasteiger partial charge in [-0.1, -0.05) is 0 Å². The van der Waals surface area contributed by atoms with Gasteiger partial charge in [0.2, 0.25) is 5.88 Å². The molecule has 9 nitrogen and oxygen atoms in total. The highest BCUT2D eigenvalue weighted by atomic mass is 32.2. The molecule has 0 spiro atoms. The van der Waals surface area contributed by atoms with Gasteiger partial charge in [0, 0.05) is 18.0 Å². The molecule has 2 aliphatic heterocycles. The van der Waals surface area contributed by atoms with Gasteiger partial charge in [0.05, 0.1) is 11.2 Å². The van der Waals surface area contributed by atoms with Crippen LogP contribution in [0, 0.1) is 0 Å². The zero-order chi connectivity index (χ0) is 18.3. The smallest absolute Gasteiger partial charge is 0.326 e. The summed E-state index contributed by atoms with van der Waals surface area (Å²) in [7, 11) is -4.00. The fraction of sp³-hybridized carbons (Fsp3) is 0.375.